The number of hydrogen-bond donors (Lipinski definition) is 1. The quantitative estimate of drug-likeness (QED) is 0.899. The van der Waals surface area contributed by atoms with Crippen LogP contribution >= 0.6 is 11.6 Å². The first kappa shape index (κ1) is 12.4. The third-order valence-electron chi connectivity index (χ3n) is 2.93. The van der Waals surface area contributed by atoms with E-state index >= 15 is 0 Å². The summed E-state index contributed by atoms with van der Waals surface area (Å²) in [6.07, 6.45) is 6.24. The Morgan fingerprint density at radius 2 is 1.82 bits per heavy atom. The lowest BCUT2D eigenvalue weighted by atomic mass is 9.96. The molecule has 1 heterocycles. The highest BCUT2D eigenvalue weighted by atomic mass is 35.5. The fraction of sp³-hybridized carbons (Fsp3) is 0.727. The monoisotopic (exact) mass is 255 g/mol. The van der Waals surface area contributed by atoms with Gasteiger partial charge in [-0.2, -0.15) is 15.0 Å². The molecule has 5 nitrogen and oxygen atoms in total. The summed E-state index contributed by atoms with van der Waals surface area (Å²) in [7, 11) is 3.77. The Bertz CT molecular complexity index is 376. The molecular weight excluding hydrogens is 238 g/mol. The molecule has 0 amide bonds. The van der Waals surface area contributed by atoms with E-state index in [0.29, 0.717) is 17.9 Å². The molecule has 1 aliphatic rings. The normalized spacial score (nSPS) is 16.9. The molecule has 0 radical (unpaired) electrons. The summed E-state index contributed by atoms with van der Waals surface area (Å²) < 4.78 is 0. The van der Waals surface area contributed by atoms with Crippen LogP contribution in [0.25, 0.3) is 0 Å². The minimum Gasteiger partial charge on any atom is -0.351 e. The van der Waals surface area contributed by atoms with Crippen molar-refractivity contribution in [1.29, 1.82) is 0 Å². The van der Waals surface area contributed by atoms with Crippen molar-refractivity contribution in [2.75, 3.05) is 24.3 Å². The second kappa shape index (κ2) is 5.49. The predicted octanol–water partition coefficient (Wildman–Crippen LogP) is 2.34. The number of rotatable bonds is 3. The lowest BCUT2D eigenvalue weighted by Crippen LogP contribution is -2.24. The van der Waals surface area contributed by atoms with Gasteiger partial charge >= 0.3 is 0 Å². The third-order valence-corrected chi connectivity index (χ3v) is 3.10. The van der Waals surface area contributed by atoms with Crippen molar-refractivity contribution in [2.45, 2.75) is 38.1 Å². The Kier molecular flexibility index (Phi) is 3.99. The summed E-state index contributed by atoms with van der Waals surface area (Å²) in [6.45, 7) is 0. The van der Waals surface area contributed by atoms with Gasteiger partial charge in [-0.1, -0.05) is 19.3 Å². The molecule has 1 aromatic rings. The molecule has 0 atom stereocenters. The Hall–Kier alpha value is -1.10. The smallest absolute Gasteiger partial charge is 0.230 e. The Labute approximate surface area is 107 Å². The van der Waals surface area contributed by atoms with Crippen LogP contribution in [0.2, 0.25) is 5.28 Å². The van der Waals surface area contributed by atoms with Gasteiger partial charge in [0.2, 0.25) is 17.2 Å². The van der Waals surface area contributed by atoms with Crippen molar-refractivity contribution in [1.82, 2.24) is 15.0 Å². The van der Waals surface area contributed by atoms with Crippen LogP contribution in [0, 0.1) is 0 Å². The zero-order valence-corrected chi connectivity index (χ0v) is 11.0. The van der Waals surface area contributed by atoms with Crippen molar-refractivity contribution in [3.63, 3.8) is 0 Å². The summed E-state index contributed by atoms with van der Waals surface area (Å²) in [6, 6.07) is 0.470. The van der Waals surface area contributed by atoms with Crippen LogP contribution in [0.5, 0.6) is 0 Å². The van der Waals surface area contributed by atoms with E-state index in [2.05, 4.69) is 20.3 Å². The van der Waals surface area contributed by atoms with Gasteiger partial charge in [0.05, 0.1) is 0 Å². The maximum atomic E-state index is 5.88. The van der Waals surface area contributed by atoms with E-state index in [-0.39, 0.29) is 5.28 Å². The Morgan fingerprint density at radius 1 is 1.12 bits per heavy atom. The van der Waals surface area contributed by atoms with E-state index in [4.69, 9.17) is 11.6 Å². The number of nitrogens with zero attached hydrogens (tertiary/aromatic N) is 4. The maximum Gasteiger partial charge on any atom is 0.230 e. The molecule has 0 aliphatic heterocycles. The molecule has 0 spiro atoms. The zero-order valence-electron chi connectivity index (χ0n) is 10.3. The number of hydrogen-bond acceptors (Lipinski definition) is 5. The van der Waals surface area contributed by atoms with Gasteiger partial charge in [0, 0.05) is 20.1 Å². The summed E-state index contributed by atoms with van der Waals surface area (Å²) in [5.41, 5.74) is 0. The van der Waals surface area contributed by atoms with Crippen LogP contribution in [-0.2, 0) is 0 Å². The van der Waals surface area contributed by atoms with E-state index in [1.165, 1.54) is 32.1 Å². The van der Waals surface area contributed by atoms with E-state index in [1.54, 1.807) is 0 Å². The lowest BCUT2D eigenvalue weighted by Gasteiger charge is -2.23. The van der Waals surface area contributed by atoms with Crippen molar-refractivity contribution in [3.8, 4) is 0 Å². The maximum absolute atomic E-state index is 5.88. The fourth-order valence-corrected chi connectivity index (χ4v) is 2.19. The SMILES string of the molecule is CN(C)c1nc(Cl)nc(NC2CCCCC2)n1. The first-order valence-corrected chi connectivity index (χ1v) is 6.38. The van der Waals surface area contributed by atoms with Crippen LogP contribution in [0.15, 0.2) is 0 Å². The molecule has 6 heteroatoms. The van der Waals surface area contributed by atoms with Crippen LogP contribution in [0.1, 0.15) is 32.1 Å². The van der Waals surface area contributed by atoms with Gasteiger partial charge in [0.25, 0.3) is 0 Å². The largest absolute Gasteiger partial charge is 0.351 e. The first-order valence-electron chi connectivity index (χ1n) is 6.00. The zero-order chi connectivity index (χ0) is 12.3. The first-order chi connectivity index (χ1) is 8.15. The topological polar surface area (TPSA) is 53.9 Å². The molecule has 0 aromatic carbocycles. The van der Waals surface area contributed by atoms with Crippen molar-refractivity contribution < 1.29 is 0 Å². The summed E-state index contributed by atoms with van der Waals surface area (Å²) in [5, 5.41) is 3.58. The molecule has 94 valence electrons. The van der Waals surface area contributed by atoms with Gasteiger partial charge in [-0.25, -0.2) is 0 Å². The Balaban J connectivity index is 2.09. The molecule has 2 rings (SSSR count). The highest BCUT2D eigenvalue weighted by Crippen LogP contribution is 2.21. The second-order valence-corrected chi connectivity index (χ2v) is 4.94. The van der Waals surface area contributed by atoms with Crippen LogP contribution in [0.3, 0.4) is 0 Å². The number of halogens is 1. The predicted molar refractivity (Wildman–Crippen MR) is 69.7 cm³/mol. The molecule has 1 aromatic heterocycles. The van der Waals surface area contributed by atoms with Crippen molar-refractivity contribution >= 4 is 23.5 Å². The third kappa shape index (κ3) is 3.43. The Morgan fingerprint density at radius 3 is 2.47 bits per heavy atom. The molecule has 1 saturated carbocycles. The van der Waals surface area contributed by atoms with Gasteiger partial charge in [0.15, 0.2) is 0 Å². The molecule has 1 aliphatic carbocycles. The molecule has 1 N–H and O–H groups in total. The van der Waals surface area contributed by atoms with Crippen LogP contribution in [0.4, 0.5) is 11.9 Å². The summed E-state index contributed by atoms with van der Waals surface area (Å²) in [5.74, 6) is 1.17. The minimum atomic E-state index is 0.238. The van der Waals surface area contributed by atoms with E-state index in [9.17, 15) is 0 Å². The van der Waals surface area contributed by atoms with E-state index < -0.39 is 0 Å². The number of aromatic nitrogens is 3. The fourth-order valence-electron chi connectivity index (χ4n) is 2.03. The van der Waals surface area contributed by atoms with Crippen LogP contribution < -0.4 is 10.2 Å². The van der Waals surface area contributed by atoms with Crippen LogP contribution in [-0.4, -0.2) is 35.1 Å². The molecular formula is C11H18ClN5. The number of anilines is 2. The number of nitrogens with one attached hydrogen (secondary N) is 1. The minimum absolute atomic E-state index is 0.238. The van der Waals surface area contributed by atoms with Gasteiger partial charge in [0.1, 0.15) is 0 Å². The summed E-state index contributed by atoms with van der Waals surface area (Å²) >= 11 is 5.88. The van der Waals surface area contributed by atoms with Gasteiger partial charge in [-0.3, -0.25) is 0 Å². The van der Waals surface area contributed by atoms with Gasteiger partial charge < -0.3 is 10.2 Å². The van der Waals surface area contributed by atoms with Gasteiger partial charge in [-0.05, 0) is 24.4 Å². The molecule has 1 fully saturated rings. The molecule has 0 unspecified atom stereocenters. The van der Waals surface area contributed by atoms with Gasteiger partial charge in [-0.15, -0.1) is 0 Å². The van der Waals surface area contributed by atoms with E-state index in [1.807, 2.05) is 19.0 Å². The average Bonchev–Trinajstić information content (AvgIpc) is 2.29. The highest BCUT2D eigenvalue weighted by molar-refractivity contribution is 6.28. The molecule has 17 heavy (non-hydrogen) atoms. The van der Waals surface area contributed by atoms with Crippen molar-refractivity contribution in [3.05, 3.63) is 5.28 Å². The highest BCUT2D eigenvalue weighted by Gasteiger charge is 2.15. The standard InChI is InChI=1S/C11H18ClN5/c1-17(2)11-15-9(12)14-10(16-11)13-8-6-4-3-5-7-8/h8H,3-7H2,1-2H3,(H,13,14,15,16). The lowest BCUT2D eigenvalue weighted by molar-refractivity contribution is 0.460. The molecule has 0 saturated heterocycles. The molecule has 0 bridgehead atoms. The van der Waals surface area contributed by atoms with E-state index in [0.717, 1.165) is 0 Å². The second-order valence-electron chi connectivity index (χ2n) is 4.60. The van der Waals surface area contributed by atoms with Crippen molar-refractivity contribution in [2.24, 2.45) is 0 Å². The summed E-state index contributed by atoms with van der Waals surface area (Å²) in [4.78, 5) is 14.3. The average molecular weight is 256 g/mol.